The van der Waals surface area contributed by atoms with Gasteiger partial charge < -0.3 is 5.32 Å². The van der Waals surface area contributed by atoms with Crippen molar-refractivity contribution in [3.63, 3.8) is 0 Å². The number of hydrogen-bond donors (Lipinski definition) is 1. The Morgan fingerprint density at radius 1 is 1.08 bits per heavy atom. The molecule has 2 atom stereocenters. The minimum atomic E-state index is -0.108. The highest BCUT2D eigenvalue weighted by atomic mass is 35.5. The molecule has 2 aromatic rings. The van der Waals surface area contributed by atoms with Crippen LogP contribution in [0.3, 0.4) is 0 Å². The zero-order valence-corrected chi connectivity index (χ0v) is 16.0. The molecule has 2 rings (SSSR count). The van der Waals surface area contributed by atoms with E-state index >= 15 is 0 Å². The maximum atomic E-state index is 12.6. The van der Waals surface area contributed by atoms with Crippen molar-refractivity contribution in [2.75, 3.05) is 0 Å². The quantitative estimate of drug-likeness (QED) is 0.645. The van der Waals surface area contributed by atoms with Crippen LogP contribution in [0.25, 0.3) is 0 Å². The number of rotatable bonds is 7. The summed E-state index contributed by atoms with van der Waals surface area (Å²) >= 11 is 7.49. The van der Waals surface area contributed by atoms with E-state index in [0.29, 0.717) is 5.02 Å². The molecular weight excluding hydrogens is 338 g/mol. The predicted molar refractivity (Wildman–Crippen MR) is 104 cm³/mol. The number of aryl methyl sites for hydroxylation is 1. The lowest BCUT2D eigenvalue weighted by molar-refractivity contribution is -0.121. The molecule has 0 aliphatic rings. The fourth-order valence-electron chi connectivity index (χ4n) is 2.43. The Morgan fingerprint density at radius 2 is 1.71 bits per heavy atom. The van der Waals surface area contributed by atoms with Crippen molar-refractivity contribution in [3.8, 4) is 0 Å². The number of benzene rings is 2. The number of nitrogens with one attached hydrogen (secondary N) is 1. The van der Waals surface area contributed by atoms with Crippen LogP contribution in [0, 0.1) is 0 Å². The Hall–Kier alpha value is -1.45. The number of amides is 1. The number of thioether (sulfide) groups is 1. The lowest BCUT2D eigenvalue weighted by Crippen LogP contribution is -2.34. The van der Waals surface area contributed by atoms with Crippen LogP contribution in [-0.4, -0.2) is 11.2 Å². The van der Waals surface area contributed by atoms with Crippen molar-refractivity contribution in [1.29, 1.82) is 0 Å². The molecule has 4 heteroatoms. The van der Waals surface area contributed by atoms with Crippen molar-refractivity contribution >= 4 is 29.3 Å². The summed E-state index contributed by atoms with van der Waals surface area (Å²) in [6.45, 7) is 6.20. The van der Waals surface area contributed by atoms with Crippen LogP contribution in [-0.2, 0) is 11.2 Å². The van der Waals surface area contributed by atoms with Crippen molar-refractivity contribution < 1.29 is 4.79 Å². The number of hydrogen-bond acceptors (Lipinski definition) is 2. The summed E-state index contributed by atoms with van der Waals surface area (Å²) in [7, 11) is 0. The third-order valence-electron chi connectivity index (χ3n) is 4.00. The van der Waals surface area contributed by atoms with Crippen molar-refractivity contribution in [3.05, 3.63) is 64.7 Å². The van der Waals surface area contributed by atoms with Gasteiger partial charge in [-0.2, -0.15) is 0 Å². The van der Waals surface area contributed by atoms with Gasteiger partial charge in [0.05, 0.1) is 11.3 Å². The Kier molecular flexibility index (Phi) is 7.19. The van der Waals surface area contributed by atoms with E-state index < -0.39 is 0 Å². The molecular formula is C20H24ClNOS. The first-order valence-electron chi connectivity index (χ1n) is 8.35. The summed E-state index contributed by atoms with van der Waals surface area (Å²) < 4.78 is 0. The molecule has 0 unspecified atom stereocenters. The average molecular weight is 362 g/mol. The van der Waals surface area contributed by atoms with Gasteiger partial charge in [0.25, 0.3) is 0 Å². The van der Waals surface area contributed by atoms with Gasteiger partial charge >= 0.3 is 0 Å². The molecule has 24 heavy (non-hydrogen) atoms. The van der Waals surface area contributed by atoms with Gasteiger partial charge in [0.15, 0.2) is 0 Å². The molecule has 0 aliphatic carbocycles. The van der Waals surface area contributed by atoms with Gasteiger partial charge in [-0.25, -0.2) is 0 Å². The van der Waals surface area contributed by atoms with Gasteiger partial charge in [-0.15, -0.1) is 11.8 Å². The van der Waals surface area contributed by atoms with Crippen LogP contribution in [0.1, 0.15) is 44.4 Å². The zero-order valence-electron chi connectivity index (χ0n) is 14.4. The Balaban J connectivity index is 1.98. The monoisotopic (exact) mass is 361 g/mol. The first-order chi connectivity index (χ1) is 11.5. The fourth-order valence-corrected chi connectivity index (χ4v) is 3.52. The SMILES string of the molecule is CCc1ccc([C@H](C)NC(=O)[C@@H](CC)Sc2ccc(Cl)cc2)cc1. The van der Waals surface area contributed by atoms with Crippen molar-refractivity contribution in [2.45, 2.75) is 49.8 Å². The lowest BCUT2D eigenvalue weighted by Gasteiger charge is -2.19. The molecule has 0 aliphatic heterocycles. The van der Waals surface area contributed by atoms with Gasteiger partial charge in [-0.3, -0.25) is 4.79 Å². The van der Waals surface area contributed by atoms with E-state index in [4.69, 9.17) is 11.6 Å². The predicted octanol–water partition coefficient (Wildman–Crippen LogP) is 5.65. The molecule has 0 saturated carbocycles. The van der Waals surface area contributed by atoms with E-state index in [2.05, 4.69) is 36.5 Å². The molecule has 0 spiro atoms. The van der Waals surface area contributed by atoms with Crippen LogP contribution in [0.5, 0.6) is 0 Å². The van der Waals surface area contributed by atoms with Crippen LogP contribution >= 0.6 is 23.4 Å². The van der Waals surface area contributed by atoms with Gasteiger partial charge in [-0.1, -0.05) is 49.7 Å². The van der Waals surface area contributed by atoms with Crippen LogP contribution in [0.2, 0.25) is 5.02 Å². The highest BCUT2D eigenvalue weighted by molar-refractivity contribution is 8.00. The summed E-state index contributed by atoms with van der Waals surface area (Å²) in [5.41, 5.74) is 2.44. The van der Waals surface area contributed by atoms with Crippen molar-refractivity contribution in [1.82, 2.24) is 5.32 Å². The van der Waals surface area contributed by atoms with Crippen LogP contribution < -0.4 is 5.32 Å². The minimum Gasteiger partial charge on any atom is -0.349 e. The summed E-state index contributed by atoms with van der Waals surface area (Å²) in [4.78, 5) is 13.7. The largest absolute Gasteiger partial charge is 0.349 e. The highest BCUT2D eigenvalue weighted by Crippen LogP contribution is 2.27. The van der Waals surface area contributed by atoms with Crippen LogP contribution in [0.15, 0.2) is 53.4 Å². The number of carbonyl (C=O) groups is 1. The highest BCUT2D eigenvalue weighted by Gasteiger charge is 2.20. The summed E-state index contributed by atoms with van der Waals surface area (Å²) in [6.07, 6.45) is 1.80. The number of halogens is 1. The summed E-state index contributed by atoms with van der Waals surface area (Å²) in [6, 6.07) is 16.1. The average Bonchev–Trinajstić information content (AvgIpc) is 2.61. The smallest absolute Gasteiger partial charge is 0.233 e. The second-order valence-corrected chi connectivity index (χ2v) is 7.51. The Labute approximate surface area is 154 Å². The minimum absolute atomic E-state index is 0.00303. The molecule has 0 aromatic heterocycles. The molecule has 0 fully saturated rings. The molecule has 1 N–H and O–H groups in total. The Morgan fingerprint density at radius 3 is 2.25 bits per heavy atom. The fraction of sp³-hybridized carbons (Fsp3) is 0.350. The van der Waals surface area contributed by atoms with Crippen LogP contribution in [0.4, 0.5) is 0 Å². The standard InChI is InChI=1S/C20H24ClNOS/c1-4-15-6-8-16(9-7-15)14(3)22-20(23)19(5-2)24-18-12-10-17(21)11-13-18/h6-14,19H,4-5H2,1-3H3,(H,22,23)/t14-,19+/m0/s1. The van der Waals surface area contributed by atoms with Crippen molar-refractivity contribution in [2.24, 2.45) is 0 Å². The zero-order chi connectivity index (χ0) is 17.5. The molecule has 0 saturated heterocycles. The third kappa shape index (κ3) is 5.29. The molecule has 0 radical (unpaired) electrons. The summed E-state index contributed by atoms with van der Waals surface area (Å²) in [5.74, 6) is 0.0736. The lowest BCUT2D eigenvalue weighted by atomic mass is 10.0. The van der Waals surface area contributed by atoms with E-state index in [1.54, 1.807) is 11.8 Å². The summed E-state index contributed by atoms with van der Waals surface area (Å²) in [5, 5.41) is 3.73. The van der Waals surface area contributed by atoms with E-state index in [9.17, 15) is 4.79 Å². The maximum Gasteiger partial charge on any atom is 0.233 e. The van der Waals surface area contributed by atoms with Gasteiger partial charge in [0.1, 0.15) is 0 Å². The molecule has 2 aromatic carbocycles. The van der Waals surface area contributed by atoms with E-state index in [-0.39, 0.29) is 17.2 Å². The Bertz CT molecular complexity index is 654. The number of carbonyl (C=O) groups excluding carboxylic acids is 1. The molecule has 2 nitrogen and oxygen atoms in total. The molecule has 128 valence electrons. The molecule has 1 amide bonds. The molecule has 0 bridgehead atoms. The first kappa shape index (κ1) is 18.9. The maximum absolute atomic E-state index is 12.6. The topological polar surface area (TPSA) is 29.1 Å². The van der Waals surface area contributed by atoms with Gasteiger partial charge in [0.2, 0.25) is 5.91 Å². The first-order valence-corrected chi connectivity index (χ1v) is 9.60. The second-order valence-electron chi connectivity index (χ2n) is 5.79. The van der Waals surface area contributed by atoms with E-state index in [0.717, 1.165) is 23.3 Å². The van der Waals surface area contributed by atoms with Gasteiger partial charge in [-0.05, 0) is 55.2 Å². The molecule has 0 heterocycles. The van der Waals surface area contributed by atoms with Gasteiger partial charge in [0, 0.05) is 9.92 Å². The van der Waals surface area contributed by atoms with E-state index in [1.807, 2.05) is 38.1 Å². The second kappa shape index (κ2) is 9.14. The third-order valence-corrected chi connectivity index (χ3v) is 5.63. The normalized spacial score (nSPS) is 13.3. The van der Waals surface area contributed by atoms with E-state index in [1.165, 1.54) is 5.56 Å².